The minimum atomic E-state index is -3.24. The zero-order valence-electron chi connectivity index (χ0n) is 16.2. The maximum atomic E-state index is 12.9. The second-order valence-corrected chi connectivity index (χ2v) is 9.73. The Kier molecular flexibility index (Phi) is 5.48. The molecule has 0 spiro atoms. The van der Waals surface area contributed by atoms with Crippen LogP contribution < -0.4 is 9.47 Å². The number of rotatable bonds is 4. The number of piperidine rings is 1. The van der Waals surface area contributed by atoms with Gasteiger partial charge in [-0.25, -0.2) is 12.7 Å². The molecule has 9 heteroatoms. The van der Waals surface area contributed by atoms with E-state index in [-0.39, 0.29) is 18.6 Å². The van der Waals surface area contributed by atoms with Crippen molar-refractivity contribution in [2.45, 2.75) is 19.4 Å². The summed E-state index contributed by atoms with van der Waals surface area (Å²) in [7, 11) is -3.24. The molecule has 0 bridgehead atoms. The molecule has 2 fully saturated rings. The molecule has 3 aliphatic rings. The van der Waals surface area contributed by atoms with Gasteiger partial charge in [0.25, 0.3) is 0 Å². The lowest BCUT2D eigenvalue weighted by Crippen LogP contribution is -2.52. The van der Waals surface area contributed by atoms with Gasteiger partial charge in [-0.3, -0.25) is 9.69 Å². The number of sulfonamides is 1. The molecule has 8 nitrogen and oxygen atoms in total. The first-order valence-corrected chi connectivity index (χ1v) is 11.6. The predicted octanol–water partition coefficient (Wildman–Crippen LogP) is 0.731. The van der Waals surface area contributed by atoms with Gasteiger partial charge in [-0.05, 0) is 30.5 Å². The van der Waals surface area contributed by atoms with Gasteiger partial charge in [0.2, 0.25) is 22.7 Å². The number of carbonyl (C=O) groups excluding carboxylic acids is 1. The van der Waals surface area contributed by atoms with Crippen LogP contribution in [0.1, 0.15) is 18.4 Å². The molecule has 1 aromatic rings. The highest BCUT2D eigenvalue weighted by Crippen LogP contribution is 2.33. The Morgan fingerprint density at radius 2 is 1.86 bits per heavy atom. The highest BCUT2D eigenvalue weighted by atomic mass is 32.2. The molecule has 1 amide bonds. The summed E-state index contributed by atoms with van der Waals surface area (Å²) in [5.74, 6) is 1.45. The largest absolute Gasteiger partial charge is 0.454 e. The third-order valence-corrected chi connectivity index (χ3v) is 7.00. The Bertz CT molecular complexity index is 836. The topological polar surface area (TPSA) is 79.4 Å². The quantitative estimate of drug-likeness (QED) is 0.730. The summed E-state index contributed by atoms with van der Waals surface area (Å²) in [6.45, 7) is 4.89. The predicted molar refractivity (Wildman–Crippen MR) is 104 cm³/mol. The minimum Gasteiger partial charge on any atom is -0.454 e. The Morgan fingerprint density at radius 1 is 1.11 bits per heavy atom. The van der Waals surface area contributed by atoms with Gasteiger partial charge in [0.15, 0.2) is 11.5 Å². The number of nitrogens with zero attached hydrogens (tertiary/aromatic N) is 3. The number of ether oxygens (including phenoxy) is 2. The fourth-order valence-corrected chi connectivity index (χ4v) is 5.04. The lowest BCUT2D eigenvalue weighted by atomic mass is 9.97. The first-order chi connectivity index (χ1) is 13.4. The van der Waals surface area contributed by atoms with Crippen LogP contribution >= 0.6 is 0 Å². The molecule has 3 heterocycles. The lowest BCUT2D eigenvalue weighted by Gasteiger charge is -2.38. The molecule has 154 valence electrons. The fraction of sp³-hybridized carbons (Fsp3) is 0.632. The Balaban J connectivity index is 1.29. The number of fused-ring (bicyclic) bond motifs is 1. The van der Waals surface area contributed by atoms with Crippen molar-refractivity contribution in [1.82, 2.24) is 14.1 Å². The van der Waals surface area contributed by atoms with Crippen molar-refractivity contribution in [2.24, 2.45) is 5.92 Å². The third kappa shape index (κ3) is 4.26. The summed E-state index contributed by atoms with van der Waals surface area (Å²) in [5, 5.41) is 0. The van der Waals surface area contributed by atoms with Gasteiger partial charge in [0.1, 0.15) is 0 Å². The first-order valence-electron chi connectivity index (χ1n) is 9.75. The zero-order chi connectivity index (χ0) is 19.7. The normalized spacial score (nSPS) is 23.8. The van der Waals surface area contributed by atoms with Gasteiger partial charge in [0, 0.05) is 45.8 Å². The number of benzene rings is 1. The summed E-state index contributed by atoms with van der Waals surface area (Å²) < 4.78 is 35.8. The highest BCUT2D eigenvalue weighted by Gasteiger charge is 2.33. The molecule has 0 aliphatic carbocycles. The summed E-state index contributed by atoms with van der Waals surface area (Å²) >= 11 is 0. The van der Waals surface area contributed by atoms with Crippen molar-refractivity contribution < 1.29 is 22.7 Å². The van der Waals surface area contributed by atoms with E-state index in [1.807, 2.05) is 23.1 Å². The van der Waals surface area contributed by atoms with Gasteiger partial charge >= 0.3 is 0 Å². The van der Waals surface area contributed by atoms with Crippen LogP contribution in [0, 0.1) is 5.92 Å². The van der Waals surface area contributed by atoms with Crippen LogP contribution in [-0.2, 0) is 21.4 Å². The second kappa shape index (κ2) is 7.88. The van der Waals surface area contributed by atoms with E-state index >= 15 is 0 Å². The van der Waals surface area contributed by atoms with Crippen LogP contribution in [0.4, 0.5) is 0 Å². The van der Waals surface area contributed by atoms with E-state index in [0.717, 1.165) is 44.0 Å². The molecule has 0 aromatic heterocycles. The number of carbonyl (C=O) groups is 1. The smallest absolute Gasteiger partial charge is 0.231 e. The molecule has 2 saturated heterocycles. The van der Waals surface area contributed by atoms with Crippen LogP contribution in [0.3, 0.4) is 0 Å². The van der Waals surface area contributed by atoms with Gasteiger partial charge in [-0.15, -0.1) is 0 Å². The monoisotopic (exact) mass is 409 g/mol. The number of hydrogen-bond donors (Lipinski definition) is 0. The average Bonchev–Trinajstić information content (AvgIpc) is 3.15. The van der Waals surface area contributed by atoms with E-state index in [0.29, 0.717) is 26.2 Å². The molecule has 3 aliphatic heterocycles. The van der Waals surface area contributed by atoms with Gasteiger partial charge in [-0.1, -0.05) is 6.07 Å². The van der Waals surface area contributed by atoms with Crippen molar-refractivity contribution >= 4 is 15.9 Å². The lowest BCUT2D eigenvalue weighted by molar-refractivity contribution is -0.138. The van der Waals surface area contributed by atoms with E-state index < -0.39 is 10.0 Å². The van der Waals surface area contributed by atoms with Crippen molar-refractivity contribution in [3.63, 3.8) is 0 Å². The van der Waals surface area contributed by atoms with Crippen molar-refractivity contribution in [3.05, 3.63) is 23.8 Å². The van der Waals surface area contributed by atoms with Gasteiger partial charge in [0.05, 0.1) is 12.2 Å². The molecule has 1 aromatic carbocycles. The van der Waals surface area contributed by atoms with E-state index in [2.05, 4.69) is 4.90 Å². The van der Waals surface area contributed by atoms with E-state index in [9.17, 15) is 13.2 Å². The van der Waals surface area contributed by atoms with Gasteiger partial charge < -0.3 is 14.4 Å². The maximum Gasteiger partial charge on any atom is 0.231 e. The Hall–Kier alpha value is -1.84. The van der Waals surface area contributed by atoms with Crippen molar-refractivity contribution in [3.8, 4) is 11.5 Å². The van der Waals surface area contributed by atoms with Crippen molar-refractivity contribution in [1.29, 1.82) is 0 Å². The molecule has 0 unspecified atom stereocenters. The molecule has 4 rings (SSSR count). The van der Waals surface area contributed by atoms with Crippen LogP contribution in [0.15, 0.2) is 18.2 Å². The minimum absolute atomic E-state index is 0.0936. The molecule has 0 N–H and O–H groups in total. The zero-order valence-corrected chi connectivity index (χ0v) is 17.0. The highest BCUT2D eigenvalue weighted by molar-refractivity contribution is 7.88. The van der Waals surface area contributed by atoms with Gasteiger partial charge in [-0.2, -0.15) is 0 Å². The first kappa shape index (κ1) is 19.5. The Labute approximate surface area is 166 Å². The van der Waals surface area contributed by atoms with E-state index in [4.69, 9.17) is 9.47 Å². The standard InChI is InChI=1S/C19H27N3O5S/c1-28(24,25)22-6-2-3-16(13-22)19(23)21-9-7-20(8-10-21)12-15-4-5-17-18(11-15)27-14-26-17/h4-5,11,16H,2-3,6-10,12-14H2,1H3/t16-/m1/s1. The summed E-state index contributed by atoms with van der Waals surface area (Å²) in [6.07, 6.45) is 2.73. The number of amides is 1. The SMILES string of the molecule is CS(=O)(=O)N1CCC[C@@H](C(=O)N2CCN(Cc3ccc4c(c3)OCO4)CC2)C1. The summed E-state index contributed by atoms with van der Waals surface area (Å²) in [6, 6.07) is 6.00. The molecule has 0 saturated carbocycles. The fourth-order valence-electron chi connectivity index (χ4n) is 4.13. The number of piperazine rings is 1. The molecule has 0 radical (unpaired) electrons. The van der Waals surface area contributed by atoms with Crippen LogP contribution in [0.25, 0.3) is 0 Å². The molecular weight excluding hydrogens is 382 g/mol. The summed E-state index contributed by atoms with van der Waals surface area (Å²) in [5.41, 5.74) is 1.17. The average molecular weight is 410 g/mol. The van der Waals surface area contributed by atoms with E-state index in [1.165, 1.54) is 16.1 Å². The summed E-state index contributed by atoms with van der Waals surface area (Å²) in [4.78, 5) is 17.1. The molecule has 1 atom stereocenters. The molecular formula is C19H27N3O5S. The maximum absolute atomic E-state index is 12.9. The van der Waals surface area contributed by atoms with Crippen LogP contribution in [0.5, 0.6) is 11.5 Å². The third-order valence-electron chi connectivity index (χ3n) is 5.73. The Morgan fingerprint density at radius 3 is 2.61 bits per heavy atom. The number of hydrogen-bond acceptors (Lipinski definition) is 6. The molecule has 28 heavy (non-hydrogen) atoms. The second-order valence-electron chi connectivity index (χ2n) is 7.75. The van der Waals surface area contributed by atoms with Crippen LogP contribution in [0.2, 0.25) is 0 Å². The van der Waals surface area contributed by atoms with E-state index in [1.54, 1.807) is 0 Å². The van der Waals surface area contributed by atoms with Crippen LogP contribution in [-0.4, -0.2) is 80.7 Å². The van der Waals surface area contributed by atoms with Crippen molar-refractivity contribution in [2.75, 3.05) is 52.3 Å².